The highest BCUT2D eigenvalue weighted by Gasteiger charge is 2.11. The molecule has 0 aromatic heterocycles. The highest BCUT2D eigenvalue weighted by Crippen LogP contribution is 2.23. The van der Waals surface area contributed by atoms with E-state index in [1.54, 1.807) is 0 Å². The number of anilines is 1. The van der Waals surface area contributed by atoms with Gasteiger partial charge in [0.05, 0.1) is 12.7 Å². The minimum absolute atomic E-state index is 0.406. The largest absolute Gasteiger partial charge is 0.494 e. The van der Waals surface area contributed by atoms with Crippen LogP contribution in [-0.4, -0.2) is 6.61 Å². The Hall–Kier alpha value is -1.99. The van der Waals surface area contributed by atoms with E-state index in [0.29, 0.717) is 6.61 Å². The third-order valence-corrected chi connectivity index (χ3v) is 3.32. The Morgan fingerprint density at radius 3 is 2.65 bits per heavy atom. The predicted molar refractivity (Wildman–Crippen MR) is 83.7 cm³/mol. The van der Waals surface area contributed by atoms with E-state index in [4.69, 9.17) is 4.74 Å². The number of nitriles is 1. The summed E-state index contributed by atoms with van der Waals surface area (Å²) in [7, 11) is 0. The van der Waals surface area contributed by atoms with Gasteiger partial charge in [-0.1, -0.05) is 28.1 Å². The molecule has 0 bridgehead atoms. The van der Waals surface area contributed by atoms with Crippen LogP contribution in [0, 0.1) is 11.3 Å². The lowest BCUT2D eigenvalue weighted by Crippen LogP contribution is -2.08. The molecule has 0 fully saturated rings. The predicted octanol–water partition coefficient (Wildman–Crippen LogP) is 4.52. The molecule has 1 atom stereocenters. The van der Waals surface area contributed by atoms with Gasteiger partial charge in [0.2, 0.25) is 0 Å². The number of benzene rings is 2. The SMILES string of the molecule is CCOc1cccc(C(C#N)Nc2ccc(Br)cc2)c1. The van der Waals surface area contributed by atoms with Crippen LogP contribution in [0.2, 0.25) is 0 Å². The Labute approximate surface area is 127 Å². The molecule has 2 aromatic carbocycles. The Morgan fingerprint density at radius 1 is 1.25 bits per heavy atom. The van der Waals surface area contributed by atoms with Crippen molar-refractivity contribution in [1.82, 2.24) is 0 Å². The summed E-state index contributed by atoms with van der Waals surface area (Å²) in [5.41, 5.74) is 1.79. The van der Waals surface area contributed by atoms with E-state index in [9.17, 15) is 5.26 Å². The van der Waals surface area contributed by atoms with Crippen LogP contribution in [0.1, 0.15) is 18.5 Å². The Bertz CT molecular complexity index is 605. The van der Waals surface area contributed by atoms with Crippen molar-refractivity contribution in [3.05, 3.63) is 58.6 Å². The molecule has 0 saturated carbocycles. The summed E-state index contributed by atoms with van der Waals surface area (Å²) < 4.78 is 6.47. The summed E-state index contributed by atoms with van der Waals surface area (Å²) >= 11 is 3.39. The van der Waals surface area contributed by atoms with Gasteiger partial charge in [-0.3, -0.25) is 0 Å². The van der Waals surface area contributed by atoms with Gasteiger partial charge in [0.25, 0.3) is 0 Å². The first-order chi connectivity index (χ1) is 9.72. The summed E-state index contributed by atoms with van der Waals surface area (Å²) in [6.07, 6.45) is 0. The number of nitrogens with one attached hydrogen (secondary N) is 1. The van der Waals surface area contributed by atoms with Crippen LogP contribution in [0.15, 0.2) is 53.0 Å². The van der Waals surface area contributed by atoms with Crippen molar-refractivity contribution in [3.63, 3.8) is 0 Å². The summed E-state index contributed by atoms with van der Waals surface area (Å²) in [5, 5.41) is 12.6. The highest BCUT2D eigenvalue weighted by atomic mass is 79.9. The van der Waals surface area contributed by atoms with Crippen molar-refractivity contribution < 1.29 is 4.74 Å². The minimum Gasteiger partial charge on any atom is -0.494 e. The quantitative estimate of drug-likeness (QED) is 0.876. The summed E-state index contributed by atoms with van der Waals surface area (Å²) in [5.74, 6) is 0.780. The zero-order valence-electron chi connectivity index (χ0n) is 11.1. The van der Waals surface area contributed by atoms with Gasteiger partial charge in [-0.05, 0) is 48.9 Å². The van der Waals surface area contributed by atoms with E-state index in [0.717, 1.165) is 21.5 Å². The molecule has 0 spiro atoms. The first-order valence-electron chi connectivity index (χ1n) is 6.37. The first-order valence-corrected chi connectivity index (χ1v) is 7.16. The normalized spacial score (nSPS) is 11.4. The second-order valence-electron chi connectivity index (χ2n) is 4.22. The molecule has 20 heavy (non-hydrogen) atoms. The molecule has 0 aliphatic heterocycles. The van der Waals surface area contributed by atoms with Crippen molar-refractivity contribution in [2.45, 2.75) is 13.0 Å². The maximum absolute atomic E-state index is 9.35. The van der Waals surface area contributed by atoms with Crippen LogP contribution in [-0.2, 0) is 0 Å². The fraction of sp³-hybridized carbons (Fsp3) is 0.188. The maximum Gasteiger partial charge on any atom is 0.140 e. The second-order valence-corrected chi connectivity index (χ2v) is 5.13. The third-order valence-electron chi connectivity index (χ3n) is 2.79. The Balaban J connectivity index is 2.17. The smallest absolute Gasteiger partial charge is 0.140 e. The van der Waals surface area contributed by atoms with E-state index >= 15 is 0 Å². The number of halogens is 1. The Morgan fingerprint density at radius 2 is 2.00 bits per heavy atom. The van der Waals surface area contributed by atoms with Crippen molar-refractivity contribution >= 4 is 21.6 Å². The van der Waals surface area contributed by atoms with E-state index in [1.807, 2.05) is 55.5 Å². The Kier molecular flexibility index (Phi) is 5.03. The maximum atomic E-state index is 9.35. The number of hydrogen-bond donors (Lipinski definition) is 1. The number of hydrogen-bond acceptors (Lipinski definition) is 3. The molecular formula is C16H15BrN2O. The zero-order chi connectivity index (χ0) is 14.4. The van der Waals surface area contributed by atoms with Gasteiger partial charge in [-0.25, -0.2) is 0 Å². The molecular weight excluding hydrogens is 316 g/mol. The molecule has 2 aromatic rings. The zero-order valence-corrected chi connectivity index (χ0v) is 12.7. The van der Waals surface area contributed by atoms with E-state index in [2.05, 4.69) is 27.3 Å². The molecule has 2 rings (SSSR count). The molecule has 0 heterocycles. The van der Waals surface area contributed by atoms with Gasteiger partial charge >= 0.3 is 0 Å². The summed E-state index contributed by atoms with van der Waals surface area (Å²) in [4.78, 5) is 0. The fourth-order valence-corrected chi connectivity index (χ4v) is 2.12. The second kappa shape index (κ2) is 6.97. The summed E-state index contributed by atoms with van der Waals surface area (Å²) in [6.45, 7) is 2.55. The monoisotopic (exact) mass is 330 g/mol. The topological polar surface area (TPSA) is 45.0 Å². The highest BCUT2D eigenvalue weighted by molar-refractivity contribution is 9.10. The van der Waals surface area contributed by atoms with Crippen molar-refractivity contribution in [2.75, 3.05) is 11.9 Å². The molecule has 0 radical (unpaired) electrons. The number of ether oxygens (including phenoxy) is 1. The van der Waals surface area contributed by atoms with Crippen LogP contribution in [0.25, 0.3) is 0 Å². The average Bonchev–Trinajstić information content (AvgIpc) is 2.47. The molecule has 3 nitrogen and oxygen atoms in total. The van der Waals surface area contributed by atoms with E-state index in [1.165, 1.54) is 0 Å². The van der Waals surface area contributed by atoms with Crippen LogP contribution < -0.4 is 10.1 Å². The number of rotatable bonds is 5. The van der Waals surface area contributed by atoms with Gasteiger partial charge in [0, 0.05) is 10.2 Å². The van der Waals surface area contributed by atoms with Crippen LogP contribution in [0.5, 0.6) is 5.75 Å². The molecule has 0 aliphatic carbocycles. The third kappa shape index (κ3) is 3.75. The minimum atomic E-state index is -0.406. The molecule has 1 N–H and O–H groups in total. The van der Waals surface area contributed by atoms with Crippen molar-refractivity contribution in [3.8, 4) is 11.8 Å². The van der Waals surface area contributed by atoms with Crippen LogP contribution in [0.4, 0.5) is 5.69 Å². The molecule has 0 aliphatic rings. The average molecular weight is 331 g/mol. The first kappa shape index (κ1) is 14.4. The summed E-state index contributed by atoms with van der Waals surface area (Å²) in [6, 6.07) is 17.2. The molecule has 0 saturated heterocycles. The lowest BCUT2D eigenvalue weighted by atomic mass is 10.1. The fourth-order valence-electron chi connectivity index (χ4n) is 1.85. The lowest BCUT2D eigenvalue weighted by molar-refractivity contribution is 0.340. The molecule has 0 amide bonds. The van der Waals surface area contributed by atoms with E-state index < -0.39 is 6.04 Å². The van der Waals surface area contributed by atoms with Gasteiger partial charge in [0.15, 0.2) is 0 Å². The standard InChI is InChI=1S/C16H15BrN2O/c1-2-20-15-5-3-4-12(10-15)16(11-18)19-14-8-6-13(17)7-9-14/h3-10,16,19H,2H2,1H3. The van der Waals surface area contributed by atoms with Gasteiger partial charge in [0.1, 0.15) is 11.8 Å². The molecule has 1 unspecified atom stereocenters. The van der Waals surface area contributed by atoms with Crippen LogP contribution >= 0.6 is 15.9 Å². The van der Waals surface area contributed by atoms with Crippen LogP contribution in [0.3, 0.4) is 0 Å². The van der Waals surface area contributed by atoms with E-state index in [-0.39, 0.29) is 0 Å². The molecule has 4 heteroatoms. The lowest BCUT2D eigenvalue weighted by Gasteiger charge is -2.14. The number of nitrogens with zero attached hydrogens (tertiary/aromatic N) is 1. The van der Waals surface area contributed by atoms with Gasteiger partial charge < -0.3 is 10.1 Å². The van der Waals surface area contributed by atoms with Gasteiger partial charge in [-0.15, -0.1) is 0 Å². The van der Waals surface area contributed by atoms with Crippen molar-refractivity contribution in [2.24, 2.45) is 0 Å². The van der Waals surface area contributed by atoms with Crippen molar-refractivity contribution in [1.29, 1.82) is 5.26 Å². The van der Waals surface area contributed by atoms with Gasteiger partial charge in [-0.2, -0.15) is 5.26 Å². The molecule has 102 valence electrons.